The zero-order valence-corrected chi connectivity index (χ0v) is 16.5. The van der Waals surface area contributed by atoms with E-state index >= 15 is 0 Å². The number of benzene rings is 1. The molecule has 1 atom stereocenters. The molecule has 2 N–H and O–H groups in total. The first-order valence-corrected chi connectivity index (χ1v) is 10.4. The third kappa shape index (κ3) is 3.55. The van der Waals surface area contributed by atoms with E-state index in [2.05, 4.69) is 16.7 Å². The first kappa shape index (κ1) is 18.7. The molecule has 1 aliphatic heterocycles. The zero-order chi connectivity index (χ0) is 19.5. The second-order valence-corrected chi connectivity index (χ2v) is 7.65. The minimum absolute atomic E-state index is 0.0857. The summed E-state index contributed by atoms with van der Waals surface area (Å²) in [6.07, 6.45) is 6.40. The predicted octanol–water partition coefficient (Wildman–Crippen LogP) is 3.00. The molecule has 0 spiro atoms. The van der Waals surface area contributed by atoms with Crippen molar-refractivity contribution < 1.29 is 9.59 Å². The van der Waals surface area contributed by atoms with Crippen LogP contribution in [0.4, 0.5) is 5.69 Å². The van der Waals surface area contributed by atoms with Crippen molar-refractivity contribution in [3.63, 3.8) is 0 Å². The second kappa shape index (κ2) is 8.17. The second-order valence-electron chi connectivity index (χ2n) is 7.65. The maximum absolute atomic E-state index is 12.7. The number of nitrogens with one attached hydrogen (secondary N) is 2. The molecule has 0 radical (unpaired) electrons. The monoisotopic (exact) mass is 380 g/mol. The van der Waals surface area contributed by atoms with Gasteiger partial charge in [-0.1, -0.05) is 25.1 Å². The molecule has 0 bridgehead atoms. The van der Waals surface area contributed by atoms with E-state index < -0.39 is 0 Å². The van der Waals surface area contributed by atoms with Gasteiger partial charge in [0.25, 0.3) is 0 Å². The minimum Gasteiger partial charge on any atom is -0.367 e. The van der Waals surface area contributed by atoms with Crippen LogP contribution in [0.15, 0.2) is 24.3 Å². The lowest BCUT2D eigenvalue weighted by atomic mass is 9.93. The summed E-state index contributed by atoms with van der Waals surface area (Å²) in [7, 11) is 0. The molecule has 2 aromatic rings. The molecular weight excluding hydrogens is 352 g/mol. The van der Waals surface area contributed by atoms with Gasteiger partial charge >= 0.3 is 0 Å². The Hall–Kier alpha value is -2.63. The number of rotatable bonds is 6. The quantitative estimate of drug-likeness (QED) is 0.756. The molecule has 1 unspecified atom stereocenters. The van der Waals surface area contributed by atoms with E-state index in [-0.39, 0.29) is 17.9 Å². The van der Waals surface area contributed by atoms with Crippen molar-refractivity contribution in [2.45, 2.75) is 57.9 Å². The first-order valence-electron chi connectivity index (χ1n) is 10.4. The first-order chi connectivity index (χ1) is 13.7. The molecule has 1 aromatic carbocycles. The van der Waals surface area contributed by atoms with E-state index in [1.54, 1.807) is 4.90 Å². The van der Waals surface area contributed by atoms with Crippen molar-refractivity contribution in [1.29, 1.82) is 0 Å². The van der Waals surface area contributed by atoms with Crippen LogP contribution in [0.1, 0.15) is 50.3 Å². The van der Waals surface area contributed by atoms with Crippen LogP contribution in [0.5, 0.6) is 0 Å². The average molecular weight is 380 g/mol. The van der Waals surface area contributed by atoms with E-state index in [0.29, 0.717) is 26.1 Å². The molecule has 2 aliphatic rings. The standard InChI is InChI=1S/C22H28N4O2/c1-2-19(26-13-7-12-20(26)27)22(28)24-14-23-21-15-8-3-5-10-17(15)25-18-11-6-4-9-16(18)21/h3,5,8,10,19H,2,4,6-7,9,11-14H2,1H3,(H,23,25)(H,24,28). The van der Waals surface area contributed by atoms with Crippen molar-refractivity contribution in [3.8, 4) is 0 Å². The highest BCUT2D eigenvalue weighted by atomic mass is 16.2. The summed E-state index contributed by atoms with van der Waals surface area (Å²) in [5.74, 6) is 0.00151. The molecule has 1 saturated heterocycles. The Balaban J connectivity index is 1.49. The van der Waals surface area contributed by atoms with Gasteiger partial charge in [0.2, 0.25) is 11.8 Å². The molecule has 1 aromatic heterocycles. The third-order valence-electron chi connectivity index (χ3n) is 5.87. The Kier molecular flexibility index (Phi) is 5.46. The maximum atomic E-state index is 12.7. The molecule has 2 amide bonds. The fourth-order valence-electron chi connectivity index (χ4n) is 4.46. The van der Waals surface area contributed by atoms with Crippen LogP contribution in [0.2, 0.25) is 0 Å². The van der Waals surface area contributed by atoms with Crippen molar-refractivity contribution >= 4 is 28.4 Å². The number of aromatic nitrogens is 1. The normalized spacial score (nSPS) is 17.5. The highest BCUT2D eigenvalue weighted by Gasteiger charge is 2.31. The van der Waals surface area contributed by atoms with Gasteiger partial charge in [0.1, 0.15) is 6.04 Å². The number of likely N-dealkylation sites (tertiary alicyclic amines) is 1. The Morgan fingerprint density at radius 1 is 1.18 bits per heavy atom. The Bertz CT molecular complexity index is 895. The molecule has 28 heavy (non-hydrogen) atoms. The van der Waals surface area contributed by atoms with Crippen molar-refractivity contribution in [2.24, 2.45) is 0 Å². The van der Waals surface area contributed by atoms with Crippen LogP contribution in [-0.4, -0.2) is 41.0 Å². The van der Waals surface area contributed by atoms with Gasteiger partial charge in [0.15, 0.2) is 0 Å². The number of pyridine rings is 1. The van der Waals surface area contributed by atoms with Gasteiger partial charge < -0.3 is 15.5 Å². The van der Waals surface area contributed by atoms with Gasteiger partial charge in [-0.15, -0.1) is 0 Å². The predicted molar refractivity (Wildman–Crippen MR) is 110 cm³/mol. The molecule has 0 saturated carbocycles. The molecule has 2 heterocycles. The molecule has 1 fully saturated rings. The van der Waals surface area contributed by atoms with Crippen molar-refractivity contribution in [3.05, 3.63) is 35.5 Å². The lowest BCUT2D eigenvalue weighted by Crippen LogP contribution is -2.48. The summed E-state index contributed by atoms with van der Waals surface area (Å²) in [5, 5.41) is 7.54. The number of carbonyl (C=O) groups excluding carboxylic acids is 2. The number of carbonyl (C=O) groups is 2. The number of aryl methyl sites for hydroxylation is 1. The van der Waals surface area contributed by atoms with Gasteiger partial charge in [0.05, 0.1) is 12.2 Å². The summed E-state index contributed by atoms with van der Waals surface area (Å²) >= 11 is 0. The average Bonchev–Trinajstić information content (AvgIpc) is 3.13. The Labute approximate surface area is 165 Å². The minimum atomic E-state index is -0.375. The highest BCUT2D eigenvalue weighted by molar-refractivity contribution is 5.94. The van der Waals surface area contributed by atoms with Crippen LogP contribution < -0.4 is 10.6 Å². The number of nitrogens with zero attached hydrogens (tertiary/aromatic N) is 2. The van der Waals surface area contributed by atoms with Crippen LogP contribution >= 0.6 is 0 Å². The molecule has 1 aliphatic carbocycles. The molecule has 148 valence electrons. The zero-order valence-electron chi connectivity index (χ0n) is 16.5. The van der Waals surface area contributed by atoms with Gasteiger partial charge in [-0.2, -0.15) is 0 Å². The lowest BCUT2D eigenvalue weighted by molar-refractivity contribution is -0.137. The number of hydrogen-bond donors (Lipinski definition) is 2. The topological polar surface area (TPSA) is 74.3 Å². The SMILES string of the molecule is CCC(C(=O)NCNc1c2c(nc3ccccc13)CCCC2)N1CCCC1=O. The summed E-state index contributed by atoms with van der Waals surface area (Å²) < 4.78 is 0. The summed E-state index contributed by atoms with van der Waals surface area (Å²) in [6, 6.07) is 7.78. The summed E-state index contributed by atoms with van der Waals surface area (Å²) in [6.45, 7) is 2.98. The van der Waals surface area contributed by atoms with E-state index in [0.717, 1.165) is 35.9 Å². The van der Waals surface area contributed by atoms with Gasteiger partial charge in [-0.25, -0.2) is 0 Å². The summed E-state index contributed by atoms with van der Waals surface area (Å²) in [4.78, 5) is 31.3. The number of anilines is 1. The smallest absolute Gasteiger partial charge is 0.244 e. The third-order valence-corrected chi connectivity index (χ3v) is 5.87. The van der Waals surface area contributed by atoms with Gasteiger partial charge in [-0.3, -0.25) is 14.6 Å². The molecule has 4 rings (SSSR count). The number of hydrogen-bond acceptors (Lipinski definition) is 4. The van der Waals surface area contributed by atoms with E-state index in [4.69, 9.17) is 4.98 Å². The van der Waals surface area contributed by atoms with E-state index in [1.165, 1.54) is 24.1 Å². The van der Waals surface area contributed by atoms with Crippen LogP contribution in [0, 0.1) is 0 Å². The number of fused-ring (bicyclic) bond motifs is 2. The fourth-order valence-corrected chi connectivity index (χ4v) is 4.46. The Morgan fingerprint density at radius 3 is 2.79 bits per heavy atom. The summed E-state index contributed by atoms with van der Waals surface area (Å²) in [5.41, 5.74) is 4.53. The number of amides is 2. The number of para-hydroxylation sites is 1. The van der Waals surface area contributed by atoms with Crippen molar-refractivity contribution in [1.82, 2.24) is 15.2 Å². The van der Waals surface area contributed by atoms with Crippen molar-refractivity contribution in [2.75, 3.05) is 18.5 Å². The fraction of sp³-hybridized carbons (Fsp3) is 0.500. The maximum Gasteiger partial charge on any atom is 0.244 e. The lowest BCUT2D eigenvalue weighted by Gasteiger charge is -2.26. The highest BCUT2D eigenvalue weighted by Crippen LogP contribution is 2.33. The van der Waals surface area contributed by atoms with Crippen LogP contribution in [0.3, 0.4) is 0 Å². The van der Waals surface area contributed by atoms with E-state index in [9.17, 15) is 9.59 Å². The van der Waals surface area contributed by atoms with Gasteiger partial charge in [0, 0.05) is 29.7 Å². The molecule has 6 heteroatoms. The largest absolute Gasteiger partial charge is 0.367 e. The Morgan fingerprint density at radius 2 is 2.00 bits per heavy atom. The van der Waals surface area contributed by atoms with Gasteiger partial charge in [-0.05, 0) is 50.2 Å². The van der Waals surface area contributed by atoms with Crippen LogP contribution in [0.25, 0.3) is 10.9 Å². The van der Waals surface area contributed by atoms with E-state index in [1.807, 2.05) is 25.1 Å². The molecular formula is C22H28N4O2. The van der Waals surface area contributed by atoms with Crippen LogP contribution in [-0.2, 0) is 22.4 Å². The molecule has 6 nitrogen and oxygen atoms in total.